The normalized spacial score (nSPS) is 10.7. The van der Waals surface area contributed by atoms with Crippen LogP contribution in [0, 0.1) is 6.92 Å². The number of hydrogen-bond acceptors (Lipinski definition) is 5. The van der Waals surface area contributed by atoms with E-state index in [-0.39, 0.29) is 18.8 Å². The minimum absolute atomic E-state index is 0.127. The number of aryl methyl sites for hydroxylation is 1. The number of imidazole rings is 1. The van der Waals surface area contributed by atoms with E-state index in [0.717, 1.165) is 17.0 Å². The molecule has 3 aromatic rings. The van der Waals surface area contributed by atoms with Crippen molar-refractivity contribution in [1.82, 2.24) is 19.4 Å². The zero-order chi connectivity index (χ0) is 17.1. The average Bonchev–Trinajstić information content (AvgIpc) is 2.89. The Bertz CT molecular complexity index is 919. The number of hydrogen-bond donors (Lipinski definition) is 2. The Morgan fingerprint density at radius 3 is 2.83 bits per heavy atom. The zero-order valence-corrected chi connectivity index (χ0v) is 12.9. The van der Waals surface area contributed by atoms with Gasteiger partial charge in [0.15, 0.2) is 0 Å². The number of carboxylic acids is 1. The van der Waals surface area contributed by atoms with Crippen LogP contribution < -0.4 is 5.32 Å². The van der Waals surface area contributed by atoms with Crippen molar-refractivity contribution in [3.05, 3.63) is 42.4 Å². The van der Waals surface area contributed by atoms with Crippen LogP contribution in [0.5, 0.6) is 0 Å². The van der Waals surface area contributed by atoms with Gasteiger partial charge in [0.1, 0.15) is 5.65 Å². The molecule has 8 nitrogen and oxygen atoms in total. The molecule has 0 aromatic carbocycles. The maximum absolute atomic E-state index is 11.7. The van der Waals surface area contributed by atoms with Crippen LogP contribution in [0.25, 0.3) is 17.0 Å². The van der Waals surface area contributed by atoms with Crippen molar-refractivity contribution in [2.24, 2.45) is 0 Å². The third-order valence-corrected chi connectivity index (χ3v) is 3.42. The summed E-state index contributed by atoms with van der Waals surface area (Å²) in [7, 11) is 0. The molecular formula is C16H15N5O3. The second-order valence-corrected chi connectivity index (χ2v) is 5.18. The van der Waals surface area contributed by atoms with Gasteiger partial charge in [0.05, 0.1) is 23.5 Å². The van der Waals surface area contributed by atoms with Gasteiger partial charge >= 0.3 is 5.97 Å². The number of aliphatic carboxylic acids is 1. The summed E-state index contributed by atoms with van der Waals surface area (Å²) in [6.45, 7) is 1.88. The molecule has 1 amide bonds. The molecule has 0 fully saturated rings. The highest BCUT2D eigenvalue weighted by molar-refractivity contribution is 5.91. The lowest BCUT2D eigenvalue weighted by Crippen LogP contribution is -2.15. The molecule has 0 spiro atoms. The average molecular weight is 325 g/mol. The highest BCUT2D eigenvalue weighted by atomic mass is 16.4. The van der Waals surface area contributed by atoms with E-state index in [9.17, 15) is 9.59 Å². The Hall–Kier alpha value is -3.29. The van der Waals surface area contributed by atoms with E-state index in [0.29, 0.717) is 5.69 Å². The number of fused-ring (bicyclic) bond motifs is 1. The lowest BCUT2D eigenvalue weighted by molar-refractivity contribution is -0.138. The van der Waals surface area contributed by atoms with E-state index in [1.807, 2.05) is 35.7 Å². The predicted octanol–water partition coefficient (Wildman–Crippen LogP) is 1.90. The van der Waals surface area contributed by atoms with Crippen LogP contribution in [0.15, 0.2) is 36.7 Å². The number of anilines is 1. The summed E-state index contributed by atoms with van der Waals surface area (Å²) < 4.78 is 1.91. The van der Waals surface area contributed by atoms with E-state index in [2.05, 4.69) is 20.3 Å². The molecule has 0 bridgehead atoms. The van der Waals surface area contributed by atoms with Gasteiger partial charge < -0.3 is 5.11 Å². The Kier molecular flexibility index (Phi) is 4.19. The topological polar surface area (TPSA) is 109 Å². The standard InChI is InChI=1S/C16H15N5O3/c1-10-15(21-9-3-2-4-12(21)18-10)11-7-8-17-16(19-11)20-13(22)5-6-14(23)24/h2-4,7-9H,5-6H2,1H3,(H,23,24)(H,17,19,20,22). The Morgan fingerprint density at radius 2 is 2.04 bits per heavy atom. The molecule has 0 aliphatic carbocycles. The van der Waals surface area contributed by atoms with Crippen molar-refractivity contribution in [3.63, 3.8) is 0 Å². The highest BCUT2D eigenvalue weighted by Gasteiger charge is 2.13. The van der Waals surface area contributed by atoms with E-state index < -0.39 is 11.9 Å². The van der Waals surface area contributed by atoms with E-state index in [4.69, 9.17) is 5.11 Å². The molecule has 0 unspecified atom stereocenters. The maximum atomic E-state index is 11.7. The molecule has 24 heavy (non-hydrogen) atoms. The second-order valence-electron chi connectivity index (χ2n) is 5.18. The number of pyridine rings is 1. The Morgan fingerprint density at radius 1 is 1.21 bits per heavy atom. The third kappa shape index (κ3) is 3.22. The quantitative estimate of drug-likeness (QED) is 0.741. The first kappa shape index (κ1) is 15.6. The summed E-state index contributed by atoms with van der Waals surface area (Å²) in [5, 5.41) is 11.1. The Balaban J connectivity index is 1.89. The number of nitrogens with zero attached hydrogens (tertiary/aromatic N) is 4. The largest absolute Gasteiger partial charge is 0.481 e. The lowest BCUT2D eigenvalue weighted by atomic mass is 10.2. The molecule has 122 valence electrons. The monoisotopic (exact) mass is 325 g/mol. The number of rotatable bonds is 5. The van der Waals surface area contributed by atoms with E-state index in [1.165, 1.54) is 6.20 Å². The minimum Gasteiger partial charge on any atom is -0.481 e. The van der Waals surface area contributed by atoms with E-state index >= 15 is 0 Å². The number of nitrogens with one attached hydrogen (secondary N) is 1. The number of amides is 1. The molecular weight excluding hydrogens is 310 g/mol. The van der Waals surface area contributed by atoms with Gasteiger partial charge in [0.25, 0.3) is 0 Å². The van der Waals surface area contributed by atoms with Gasteiger partial charge in [-0.25, -0.2) is 15.0 Å². The van der Waals surface area contributed by atoms with Crippen LogP contribution in [0.4, 0.5) is 5.95 Å². The summed E-state index contributed by atoms with van der Waals surface area (Å²) >= 11 is 0. The maximum Gasteiger partial charge on any atom is 0.303 e. The fourth-order valence-electron chi connectivity index (χ4n) is 2.38. The first-order chi connectivity index (χ1) is 11.5. The Labute approximate surface area is 137 Å². The summed E-state index contributed by atoms with van der Waals surface area (Å²) in [6.07, 6.45) is 3.06. The third-order valence-electron chi connectivity index (χ3n) is 3.42. The molecule has 3 aromatic heterocycles. The molecule has 0 radical (unpaired) electrons. The van der Waals surface area contributed by atoms with Gasteiger partial charge in [0, 0.05) is 18.8 Å². The van der Waals surface area contributed by atoms with Crippen LogP contribution in [0.1, 0.15) is 18.5 Å². The van der Waals surface area contributed by atoms with Gasteiger partial charge in [-0.1, -0.05) is 6.07 Å². The first-order valence-electron chi connectivity index (χ1n) is 7.33. The van der Waals surface area contributed by atoms with Crippen molar-refractivity contribution in [2.45, 2.75) is 19.8 Å². The van der Waals surface area contributed by atoms with Crippen LogP contribution in [0.2, 0.25) is 0 Å². The van der Waals surface area contributed by atoms with Crippen LogP contribution in [-0.4, -0.2) is 36.3 Å². The van der Waals surface area contributed by atoms with Gasteiger partial charge in [-0.15, -0.1) is 0 Å². The SMILES string of the molecule is Cc1nc2ccccn2c1-c1ccnc(NC(=O)CCC(=O)O)n1. The fraction of sp³-hybridized carbons (Fsp3) is 0.188. The zero-order valence-electron chi connectivity index (χ0n) is 12.9. The number of aromatic nitrogens is 4. The lowest BCUT2D eigenvalue weighted by Gasteiger charge is -2.06. The summed E-state index contributed by atoms with van der Waals surface area (Å²) in [6, 6.07) is 7.43. The first-order valence-corrected chi connectivity index (χ1v) is 7.33. The van der Waals surface area contributed by atoms with Gasteiger partial charge in [0.2, 0.25) is 11.9 Å². The van der Waals surface area contributed by atoms with Gasteiger partial charge in [-0.3, -0.25) is 19.3 Å². The predicted molar refractivity (Wildman–Crippen MR) is 86.5 cm³/mol. The number of carboxylic acid groups (broad SMARTS) is 1. The molecule has 0 aliphatic heterocycles. The second kappa shape index (κ2) is 6.45. The molecule has 0 saturated heterocycles. The van der Waals surface area contributed by atoms with Crippen molar-refractivity contribution in [2.75, 3.05) is 5.32 Å². The fourth-order valence-corrected chi connectivity index (χ4v) is 2.38. The van der Waals surface area contributed by atoms with E-state index in [1.54, 1.807) is 6.07 Å². The van der Waals surface area contributed by atoms with Crippen molar-refractivity contribution < 1.29 is 14.7 Å². The summed E-state index contributed by atoms with van der Waals surface area (Å²) in [4.78, 5) is 35.1. The van der Waals surface area contributed by atoms with Gasteiger partial charge in [-0.2, -0.15) is 0 Å². The highest BCUT2D eigenvalue weighted by Crippen LogP contribution is 2.23. The molecule has 0 aliphatic rings. The van der Waals surface area contributed by atoms with Crippen molar-refractivity contribution in [1.29, 1.82) is 0 Å². The van der Waals surface area contributed by atoms with Crippen LogP contribution in [-0.2, 0) is 9.59 Å². The minimum atomic E-state index is -1.03. The number of carbonyl (C=O) groups excluding carboxylic acids is 1. The van der Waals surface area contributed by atoms with Gasteiger partial charge in [-0.05, 0) is 25.1 Å². The molecule has 0 saturated carbocycles. The van der Waals surface area contributed by atoms with Crippen molar-refractivity contribution >= 4 is 23.5 Å². The smallest absolute Gasteiger partial charge is 0.303 e. The van der Waals surface area contributed by atoms with Crippen LogP contribution in [0.3, 0.4) is 0 Å². The molecule has 2 N–H and O–H groups in total. The summed E-state index contributed by atoms with van der Waals surface area (Å²) in [5.41, 5.74) is 3.04. The number of carbonyl (C=O) groups is 2. The molecule has 3 heterocycles. The summed E-state index contributed by atoms with van der Waals surface area (Å²) in [5.74, 6) is -1.33. The molecule has 0 atom stereocenters. The van der Waals surface area contributed by atoms with Crippen molar-refractivity contribution in [3.8, 4) is 11.4 Å². The molecule has 3 rings (SSSR count). The van der Waals surface area contributed by atoms with Crippen LogP contribution >= 0.6 is 0 Å². The molecule has 8 heteroatoms.